The van der Waals surface area contributed by atoms with Gasteiger partial charge in [-0.1, -0.05) is 22.9 Å². The maximum absolute atomic E-state index is 5.27. The largest absolute Gasteiger partial charge is 0.377 e. The summed E-state index contributed by atoms with van der Waals surface area (Å²) >= 11 is 2.00. The second-order valence-corrected chi connectivity index (χ2v) is 7.32. The standard InChI is InChI=1S/C17H23N3O2S/c1-13-3-5-14(6-4-13)23-15-7-9-20(10-8-15)11-17-18-16(12-21-2)19-22-17/h3-6,15H,7-12H2,1-2H3. The lowest BCUT2D eigenvalue weighted by atomic mass is 10.1. The molecule has 0 bridgehead atoms. The first-order valence-corrected chi connectivity index (χ1v) is 8.87. The number of piperidine rings is 1. The van der Waals surface area contributed by atoms with Gasteiger partial charge in [-0.05, 0) is 45.0 Å². The quantitative estimate of drug-likeness (QED) is 0.808. The Labute approximate surface area is 141 Å². The summed E-state index contributed by atoms with van der Waals surface area (Å²) in [5.74, 6) is 1.30. The first kappa shape index (κ1) is 16.5. The van der Waals surface area contributed by atoms with Gasteiger partial charge < -0.3 is 9.26 Å². The third kappa shape index (κ3) is 4.80. The van der Waals surface area contributed by atoms with Crippen molar-refractivity contribution < 1.29 is 9.26 Å². The molecule has 0 atom stereocenters. The summed E-state index contributed by atoms with van der Waals surface area (Å²) in [6, 6.07) is 8.82. The van der Waals surface area contributed by atoms with Gasteiger partial charge in [0.15, 0.2) is 5.82 Å². The van der Waals surface area contributed by atoms with E-state index in [0.717, 1.165) is 19.6 Å². The molecule has 2 aromatic rings. The number of thioether (sulfide) groups is 1. The van der Waals surface area contributed by atoms with Crippen molar-refractivity contribution in [3.05, 3.63) is 41.5 Å². The number of hydrogen-bond acceptors (Lipinski definition) is 6. The Kier molecular flexibility index (Phi) is 5.70. The predicted octanol–water partition coefficient (Wildman–Crippen LogP) is 3.28. The van der Waals surface area contributed by atoms with Crippen molar-refractivity contribution in [3.8, 4) is 0 Å². The third-order valence-corrected chi connectivity index (χ3v) is 5.35. The van der Waals surface area contributed by atoms with Gasteiger partial charge in [-0.3, -0.25) is 4.90 Å². The molecule has 0 unspecified atom stereocenters. The average molecular weight is 333 g/mol. The molecule has 0 N–H and O–H groups in total. The van der Waals surface area contributed by atoms with E-state index in [1.54, 1.807) is 7.11 Å². The van der Waals surface area contributed by atoms with Gasteiger partial charge in [0.05, 0.1) is 6.54 Å². The van der Waals surface area contributed by atoms with Gasteiger partial charge >= 0.3 is 0 Å². The van der Waals surface area contributed by atoms with Crippen LogP contribution in [-0.2, 0) is 17.9 Å². The fourth-order valence-electron chi connectivity index (χ4n) is 2.73. The van der Waals surface area contributed by atoms with E-state index in [-0.39, 0.29) is 0 Å². The molecule has 6 heteroatoms. The molecule has 1 aromatic carbocycles. The van der Waals surface area contributed by atoms with Crippen molar-refractivity contribution in [2.24, 2.45) is 0 Å². The molecule has 1 aliphatic heterocycles. The summed E-state index contributed by atoms with van der Waals surface area (Å²) in [5.41, 5.74) is 1.32. The fraction of sp³-hybridized carbons (Fsp3) is 0.529. The monoisotopic (exact) mass is 333 g/mol. The smallest absolute Gasteiger partial charge is 0.240 e. The zero-order chi connectivity index (χ0) is 16.1. The Hall–Kier alpha value is -1.37. The van der Waals surface area contributed by atoms with Crippen LogP contribution in [0, 0.1) is 6.92 Å². The van der Waals surface area contributed by atoms with Crippen molar-refractivity contribution in [2.45, 2.75) is 43.1 Å². The van der Waals surface area contributed by atoms with Crippen LogP contribution < -0.4 is 0 Å². The zero-order valence-electron chi connectivity index (χ0n) is 13.7. The van der Waals surface area contributed by atoms with Crippen LogP contribution in [0.2, 0.25) is 0 Å². The molecule has 0 saturated carbocycles. The number of aryl methyl sites for hydroxylation is 1. The number of methoxy groups -OCH3 is 1. The highest BCUT2D eigenvalue weighted by atomic mass is 32.2. The normalized spacial score (nSPS) is 16.8. The van der Waals surface area contributed by atoms with Gasteiger partial charge in [0, 0.05) is 17.3 Å². The Morgan fingerprint density at radius 1 is 1.26 bits per heavy atom. The molecule has 0 radical (unpaired) electrons. The number of benzene rings is 1. The molecule has 2 heterocycles. The van der Waals surface area contributed by atoms with Crippen LogP contribution >= 0.6 is 11.8 Å². The Morgan fingerprint density at radius 2 is 2.00 bits per heavy atom. The number of likely N-dealkylation sites (tertiary alicyclic amines) is 1. The summed E-state index contributed by atoms with van der Waals surface area (Å²) in [6.45, 7) is 5.41. The molecule has 23 heavy (non-hydrogen) atoms. The molecule has 1 fully saturated rings. The number of nitrogens with zero attached hydrogens (tertiary/aromatic N) is 3. The van der Waals surface area contributed by atoms with Gasteiger partial charge in [-0.25, -0.2) is 0 Å². The summed E-state index contributed by atoms with van der Waals surface area (Å²) in [5, 5.41) is 4.60. The molecule has 1 aliphatic rings. The first-order valence-electron chi connectivity index (χ1n) is 7.99. The Bertz CT molecular complexity index is 607. The molecular formula is C17H23N3O2S. The molecule has 5 nitrogen and oxygen atoms in total. The van der Waals surface area contributed by atoms with Crippen molar-refractivity contribution in [3.63, 3.8) is 0 Å². The minimum absolute atomic E-state index is 0.402. The zero-order valence-corrected chi connectivity index (χ0v) is 14.5. The van der Waals surface area contributed by atoms with Crippen LogP contribution in [0.5, 0.6) is 0 Å². The highest BCUT2D eigenvalue weighted by Crippen LogP contribution is 2.30. The van der Waals surface area contributed by atoms with Gasteiger partial charge in [0.25, 0.3) is 0 Å². The van der Waals surface area contributed by atoms with E-state index in [9.17, 15) is 0 Å². The van der Waals surface area contributed by atoms with E-state index in [1.807, 2.05) is 11.8 Å². The molecule has 0 amide bonds. The number of aromatic nitrogens is 2. The number of ether oxygens (including phenoxy) is 1. The van der Waals surface area contributed by atoms with E-state index in [0.29, 0.717) is 23.6 Å². The molecule has 1 aromatic heterocycles. The number of hydrogen-bond donors (Lipinski definition) is 0. The lowest BCUT2D eigenvalue weighted by Gasteiger charge is -2.30. The highest BCUT2D eigenvalue weighted by molar-refractivity contribution is 8.00. The van der Waals surface area contributed by atoms with Crippen LogP contribution in [0.25, 0.3) is 0 Å². The summed E-state index contributed by atoms with van der Waals surface area (Å²) < 4.78 is 10.3. The van der Waals surface area contributed by atoms with E-state index in [1.165, 1.54) is 23.3 Å². The van der Waals surface area contributed by atoms with Crippen molar-refractivity contribution in [1.29, 1.82) is 0 Å². The summed E-state index contributed by atoms with van der Waals surface area (Å²) in [6.07, 6.45) is 2.38. The second kappa shape index (κ2) is 7.95. The number of rotatable bonds is 6. The Morgan fingerprint density at radius 3 is 2.70 bits per heavy atom. The van der Waals surface area contributed by atoms with Crippen molar-refractivity contribution >= 4 is 11.8 Å². The SMILES string of the molecule is COCc1noc(CN2CCC(Sc3ccc(C)cc3)CC2)n1. The van der Waals surface area contributed by atoms with Crippen LogP contribution in [0.1, 0.15) is 30.1 Å². The van der Waals surface area contributed by atoms with E-state index >= 15 is 0 Å². The fourth-order valence-corrected chi connectivity index (χ4v) is 3.85. The Balaban J connectivity index is 1.45. The van der Waals surface area contributed by atoms with Crippen LogP contribution in [0.4, 0.5) is 0 Å². The van der Waals surface area contributed by atoms with Crippen LogP contribution in [0.3, 0.4) is 0 Å². The molecule has 1 saturated heterocycles. The topological polar surface area (TPSA) is 51.4 Å². The van der Waals surface area contributed by atoms with Crippen LogP contribution in [-0.4, -0.2) is 40.5 Å². The van der Waals surface area contributed by atoms with Gasteiger partial charge in [-0.15, -0.1) is 11.8 Å². The molecule has 0 spiro atoms. The molecule has 124 valence electrons. The predicted molar refractivity (Wildman–Crippen MR) is 90.3 cm³/mol. The second-order valence-electron chi connectivity index (χ2n) is 5.94. The van der Waals surface area contributed by atoms with E-state index < -0.39 is 0 Å². The van der Waals surface area contributed by atoms with Gasteiger partial charge in [0.2, 0.25) is 5.89 Å². The van der Waals surface area contributed by atoms with Crippen molar-refractivity contribution in [2.75, 3.05) is 20.2 Å². The lowest BCUT2D eigenvalue weighted by Crippen LogP contribution is -2.34. The minimum Gasteiger partial charge on any atom is -0.377 e. The minimum atomic E-state index is 0.402. The van der Waals surface area contributed by atoms with E-state index in [2.05, 4.69) is 46.2 Å². The maximum atomic E-state index is 5.27. The van der Waals surface area contributed by atoms with Gasteiger partial charge in [-0.2, -0.15) is 4.98 Å². The average Bonchev–Trinajstić information content (AvgIpc) is 2.99. The third-order valence-electron chi connectivity index (χ3n) is 4.00. The lowest BCUT2D eigenvalue weighted by molar-refractivity contribution is 0.173. The molecule has 3 rings (SSSR count). The summed E-state index contributed by atoms with van der Waals surface area (Å²) in [7, 11) is 1.63. The van der Waals surface area contributed by atoms with Crippen molar-refractivity contribution in [1.82, 2.24) is 15.0 Å². The van der Waals surface area contributed by atoms with E-state index in [4.69, 9.17) is 9.26 Å². The van der Waals surface area contributed by atoms with Crippen LogP contribution in [0.15, 0.2) is 33.7 Å². The maximum Gasteiger partial charge on any atom is 0.240 e. The molecule has 0 aliphatic carbocycles. The summed E-state index contributed by atoms with van der Waals surface area (Å²) in [4.78, 5) is 8.10. The molecular weight excluding hydrogens is 310 g/mol. The highest BCUT2D eigenvalue weighted by Gasteiger charge is 2.21. The first-order chi connectivity index (χ1) is 11.2. The van der Waals surface area contributed by atoms with Gasteiger partial charge in [0.1, 0.15) is 6.61 Å².